The molecule has 0 amide bonds. The Kier molecular flexibility index (Phi) is 7.65. The Hall–Kier alpha value is -1.71. The summed E-state index contributed by atoms with van der Waals surface area (Å²) in [6.45, 7) is 10.8. The van der Waals surface area contributed by atoms with E-state index in [-0.39, 0.29) is 18.1 Å². The van der Waals surface area contributed by atoms with E-state index in [0.29, 0.717) is 5.57 Å². The van der Waals surface area contributed by atoms with E-state index in [0.717, 1.165) is 12.2 Å². The molecule has 0 aromatic carbocycles. The third kappa shape index (κ3) is 6.70. The number of rotatable bonds is 6. The van der Waals surface area contributed by atoms with Gasteiger partial charge in [-0.25, -0.2) is 13.6 Å². The van der Waals surface area contributed by atoms with Gasteiger partial charge < -0.3 is 4.74 Å². The van der Waals surface area contributed by atoms with Crippen LogP contribution >= 0.6 is 0 Å². The molecule has 0 fully saturated rings. The zero-order valence-electron chi connectivity index (χ0n) is 11.8. The van der Waals surface area contributed by atoms with Gasteiger partial charge in [0.25, 0.3) is 0 Å². The van der Waals surface area contributed by atoms with E-state index in [1.54, 1.807) is 6.92 Å². The molecule has 0 rings (SSSR count). The number of allylic oxidation sites excluding steroid dienone is 6. The predicted octanol–water partition coefficient (Wildman–Crippen LogP) is 4.41. The largest absolute Gasteiger partial charge is 0.463 e. The standard InChI is InChI=1S/C15H20F2O2/c1-6-19-14(18)8-7-13(16)15(17)12(5)9-11(4)10(2)3/h7-10H,4,6H2,1-3,5H3/b8-7-,12-9-,15-13+. The summed E-state index contributed by atoms with van der Waals surface area (Å²) < 4.78 is 31.6. The Morgan fingerprint density at radius 3 is 2.37 bits per heavy atom. The summed E-state index contributed by atoms with van der Waals surface area (Å²) >= 11 is 0. The maximum atomic E-state index is 13.6. The lowest BCUT2D eigenvalue weighted by Crippen LogP contribution is -1.99. The van der Waals surface area contributed by atoms with Crippen molar-refractivity contribution in [2.45, 2.75) is 27.7 Å². The van der Waals surface area contributed by atoms with Gasteiger partial charge in [0.1, 0.15) is 0 Å². The average molecular weight is 270 g/mol. The van der Waals surface area contributed by atoms with Crippen LogP contribution in [0.1, 0.15) is 27.7 Å². The second-order valence-corrected chi connectivity index (χ2v) is 4.30. The van der Waals surface area contributed by atoms with Gasteiger partial charge in [0.15, 0.2) is 11.7 Å². The molecule has 0 atom stereocenters. The number of halogens is 2. The fraction of sp³-hybridized carbons (Fsp3) is 0.400. The van der Waals surface area contributed by atoms with E-state index in [2.05, 4.69) is 11.3 Å². The zero-order valence-corrected chi connectivity index (χ0v) is 11.8. The summed E-state index contributed by atoms with van der Waals surface area (Å²) in [7, 11) is 0. The van der Waals surface area contributed by atoms with Crippen molar-refractivity contribution in [1.82, 2.24) is 0 Å². The highest BCUT2D eigenvalue weighted by molar-refractivity contribution is 5.82. The van der Waals surface area contributed by atoms with Crippen molar-refractivity contribution in [3.8, 4) is 0 Å². The number of hydrogen-bond donors (Lipinski definition) is 0. The van der Waals surface area contributed by atoms with Crippen LogP contribution in [-0.2, 0) is 9.53 Å². The molecule has 0 aliphatic heterocycles. The maximum absolute atomic E-state index is 13.6. The van der Waals surface area contributed by atoms with Crippen molar-refractivity contribution >= 4 is 5.97 Å². The molecule has 0 aliphatic rings. The molecule has 0 unspecified atom stereocenters. The Morgan fingerprint density at radius 2 is 1.89 bits per heavy atom. The Balaban J connectivity index is 4.94. The fourth-order valence-corrected chi connectivity index (χ4v) is 1.10. The Bertz CT molecular complexity index is 429. The lowest BCUT2D eigenvalue weighted by Gasteiger charge is -2.05. The number of esters is 1. The lowest BCUT2D eigenvalue weighted by atomic mass is 10.0. The van der Waals surface area contributed by atoms with Gasteiger partial charge in [-0.05, 0) is 31.4 Å². The molecule has 0 radical (unpaired) electrons. The van der Waals surface area contributed by atoms with Crippen LogP contribution in [-0.4, -0.2) is 12.6 Å². The van der Waals surface area contributed by atoms with Crippen molar-refractivity contribution < 1.29 is 18.3 Å². The van der Waals surface area contributed by atoms with Crippen molar-refractivity contribution in [3.05, 3.63) is 47.6 Å². The quantitative estimate of drug-likeness (QED) is 0.406. The minimum absolute atomic E-state index is 0.129. The van der Waals surface area contributed by atoms with E-state index < -0.39 is 17.6 Å². The Morgan fingerprint density at radius 1 is 1.32 bits per heavy atom. The van der Waals surface area contributed by atoms with E-state index in [1.165, 1.54) is 13.0 Å². The van der Waals surface area contributed by atoms with Gasteiger partial charge in [-0.15, -0.1) is 0 Å². The third-order valence-electron chi connectivity index (χ3n) is 2.35. The SMILES string of the molecule is C=C(\C=C(C)/C(F)=C(F)/C=C\C(=O)OCC)C(C)C. The highest BCUT2D eigenvalue weighted by atomic mass is 19.2. The second kappa shape index (κ2) is 8.40. The van der Waals surface area contributed by atoms with E-state index >= 15 is 0 Å². The highest BCUT2D eigenvalue weighted by Crippen LogP contribution is 2.21. The molecule has 0 heterocycles. The van der Waals surface area contributed by atoms with Crippen LogP contribution in [0.4, 0.5) is 8.78 Å². The predicted molar refractivity (Wildman–Crippen MR) is 72.8 cm³/mol. The van der Waals surface area contributed by atoms with Gasteiger partial charge >= 0.3 is 5.97 Å². The normalized spacial score (nSPS) is 13.7. The van der Waals surface area contributed by atoms with Crippen LogP contribution in [0.3, 0.4) is 0 Å². The highest BCUT2D eigenvalue weighted by Gasteiger charge is 2.08. The minimum Gasteiger partial charge on any atom is -0.463 e. The van der Waals surface area contributed by atoms with Crippen molar-refractivity contribution in [3.63, 3.8) is 0 Å². The van der Waals surface area contributed by atoms with E-state index in [1.807, 2.05) is 13.8 Å². The minimum atomic E-state index is -1.11. The molecule has 0 aromatic heterocycles. The Labute approximate surface area is 113 Å². The summed E-state index contributed by atoms with van der Waals surface area (Å²) in [6.07, 6.45) is 3.09. The first kappa shape index (κ1) is 17.3. The zero-order chi connectivity index (χ0) is 15.0. The second-order valence-electron chi connectivity index (χ2n) is 4.30. The van der Waals surface area contributed by atoms with Crippen LogP contribution in [0.15, 0.2) is 47.6 Å². The first-order chi connectivity index (χ1) is 8.79. The summed E-state index contributed by atoms with van der Waals surface area (Å²) in [5.74, 6) is -2.68. The number of carbonyl (C=O) groups excluding carboxylic acids is 1. The molecule has 0 aromatic rings. The lowest BCUT2D eigenvalue weighted by molar-refractivity contribution is -0.137. The van der Waals surface area contributed by atoms with Gasteiger partial charge in [0.2, 0.25) is 0 Å². The summed E-state index contributed by atoms with van der Waals surface area (Å²) in [6, 6.07) is 0. The molecule has 4 heteroatoms. The van der Waals surface area contributed by atoms with Crippen LogP contribution in [0.25, 0.3) is 0 Å². The monoisotopic (exact) mass is 270 g/mol. The average Bonchev–Trinajstić information content (AvgIpc) is 2.34. The first-order valence-corrected chi connectivity index (χ1v) is 6.07. The fourth-order valence-electron chi connectivity index (χ4n) is 1.10. The summed E-state index contributed by atoms with van der Waals surface area (Å²) in [5.41, 5.74) is 0.833. The molecule has 2 nitrogen and oxygen atoms in total. The van der Waals surface area contributed by atoms with Crippen LogP contribution in [0, 0.1) is 5.92 Å². The van der Waals surface area contributed by atoms with Crippen LogP contribution < -0.4 is 0 Å². The molecule has 0 spiro atoms. The van der Waals surface area contributed by atoms with Crippen LogP contribution in [0.5, 0.6) is 0 Å². The third-order valence-corrected chi connectivity index (χ3v) is 2.35. The smallest absolute Gasteiger partial charge is 0.330 e. The molecule has 19 heavy (non-hydrogen) atoms. The van der Waals surface area contributed by atoms with Crippen molar-refractivity contribution in [1.29, 1.82) is 0 Å². The maximum Gasteiger partial charge on any atom is 0.330 e. The number of hydrogen-bond acceptors (Lipinski definition) is 2. The molecular formula is C15H20F2O2. The van der Waals surface area contributed by atoms with Gasteiger partial charge in [0.05, 0.1) is 6.61 Å². The van der Waals surface area contributed by atoms with Crippen molar-refractivity contribution in [2.75, 3.05) is 6.61 Å². The summed E-state index contributed by atoms with van der Waals surface area (Å²) in [4.78, 5) is 11.0. The van der Waals surface area contributed by atoms with E-state index in [4.69, 9.17) is 0 Å². The van der Waals surface area contributed by atoms with Gasteiger partial charge in [-0.2, -0.15) is 0 Å². The first-order valence-electron chi connectivity index (χ1n) is 6.07. The molecule has 0 aliphatic carbocycles. The molecule has 106 valence electrons. The molecule has 0 N–H and O–H groups in total. The number of carbonyl (C=O) groups is 1. The van der Waals surface area contributed by atoms with E-state index in [9.17, 15) is 13.6 Å². The molecule has 0 bridgehead atoms. The van der Waals surface area contributed by atoms with Crippen LogP contribution in [0.2, 0.25) is 0 Å². The van der Waals surface area contributed by atoms with Gasteiger partial charge in [-0.3, -0.25) is 0 Å². The molecule has 0 saturated heterocycles. The van der Waals surface area contributed by atoms with Crippen molar-refractivity contribution in [2.24, 2.45) is 5.92 Å². The summed E-state index contributed by atoms with van der Waals surface area (Å²) in [5, 5.41) is 0. The van der Waals surface area contributed by atoms with Gasteiger partial charge in [0, 0.05) is 6.08 Å². The topological polar surface area (TPSA) is 26.3 Å². The number of ether oxygens (including phenoxy) is 1. The van der Waals surface area contributed by atoms with Gasteiger partial charge in [-0.1, -0.05) is 32.1 Å². The molecular weight excluding hydrogens is 250 g/mol. The molecule has 0 saturated carbocycles.